The zero-order valence-corrected chi connectivity index (χ0v) is 8.59. The second-order valence-electron chi connectivity index (χ2n) is 3.29. The Bertz CT molecular complexity index is 538. The van der Waals surface area contributed by atoms with Crippen LogP contribution in [0.1, 0.15) is 5.56 Å². The van der Waals surface area contributed by atoms with E-state index in [-0.39, 0.29) is 5.75 Å². The Kier molecular flexibility index (Phi) is 2.55. The van der Waals surface area contributed by atoms with Crippen LogP contribution in [0.25, 0.3) is 17.3 Å². The number of anilines is 1. The quantitative estimate of drug-likeness (QED) is 0.801. The summed E-state index contributed by atoms with van der Waals surface area (Å²) in [6, 6.07) is 8.67. The number of nitrogens with two attached hydrogens (primary N) is 1. The van der Waals surface area contributed by atoms with Crippen LogP contribution in [0.15, 0.2) is 36.9 Å². The minimum Gasteiger partial charge on any atom is -0.507 e. The normalized spacial score (nSPS) is 10.0. The van der Waals surface area contributed by atoms with Gasteiger partial charge in [0.05, 0.1) is 5.69 Å². The first kappa shape index (κ1) is 10.2. The van der Waals surface area contributed by atoms with Crippen molar-refractivity contribution in [3.8, 4) is 17.0 Å². The molecule has 0 amide bonds. The molecular formula is C12H11N3O. The number of nitrogen functional groups attached to an aromatic ring is 1. The van der Waals surface area contributed by atoms with Crippen LogP contribution >= 0.6 is 0 Å². The lowest BCUT2D eigenvalue weighted by Crippen LogP contribution is -1.98. The van der Waals surface area contributed by atoms with Gasteiger partial charge in [-0.25, -0.2) is 0 Å². The molecule has 3 N–H and O–H groups in total. The smallest absolute Gasteiger partial charge is 0.153 e. The maximum absolute atomic E-state index is 9.67. The van der Waals surface area contributed by atoms with Crippen LogP contribution in [-0.2, 0) is 0 Å². The molecule has 0 fully saturated rings. The van der Waals surface area contributed by atoms with E-state index in [1.807, 2.05) is 6.07 Å². The zero-order chi connectivity index (χ0) is 11.5. The van der Waals surface area contributed by atoms with Crippen molar-refractivity contribution in [2.45, 2.75) is 0 Å². The van der Waals surface area contributed by atoms with Crippen LogP contribution in [0.5, 0.6) is 5.75 Å². The van der Waals surface area contributed by atoms with Gasteiger partial charge in [0, 0.05) is 11.1 Å². The second-order valence-corrected chi connectivity index (χ2v) is 3.29. The predicted octanol–water partition coefficient (Wildman–Crippen LogP) is 2.07. The van der Waals surface area contributed by atoms with Crippen LogP contribution in [0.2, 0.25) is 0 Å². The highest BCUT2D eigenvalue weighted by atomic mass is 16.3. The highest BCUT2D eigenvalue weighted by Gasteiger charge is 2.07. The summed E-state index contributed by atoms with van der Waals surface area (Å²) in [5.41, 5.74) is 7.51. The second kappa shape index (κ2) is 4.02. The number of benzene rings is 1. The molecule has 16 heavy (non-hydrogen) atoms. The molecule has 0 spiro atoms. The molecule has 1 aromatic carbocycles. The number of hydrogen-bond donors (Lipinski definition) is 2. The Balaban J connectivity index is 2.57. The lowest BCUT2D eigenvalue weighted by Gasteiger charge is -2.04. The number of phenolic OH excluding ortho intramolecular Hbond substituents is 1. The molecule has 0 unspecified atom stereocenters. The van der Waals surface area contributed by atoms with Gasteiger partial charge in [0.2, 0.25) is 0 Å². The number of hydrogen-bond acceptors (Lipinski definition) is 4. The first-order valence-corrected chi connectivity index (χ1v) is 4.76. The molecule has 0 atom stereocenters. The molecule has 0 bridgehead atoms. The van der Waals surface area contributed by atoms with Crippen molar-refractivity contribution < 1.29 is 5.11 Å². The van der Waals surface area contributed by atoms with Crippen molar-refractivity contribution in [1.29, 1.82) is 0 Å². The monoisotopic (exact) mass is 213 g/mol. The molecular weight excluding hydrogens is 202 g/mol. The number of aromatic nitrogens is 2. The van der Waals surface area contributed by atoms with Gasteiger partial charge in [0.15, 0.2) is 5.82 Å². The minimum absolute atomic E-state index is 0.164. The number of phenols is 1. The van der Waals surface area contributed by atoms with Crippen molar-refractivity contribution in [1.82, 2.24) is 10.2 Å². The summed E-state index contributed by atoms with van der Waals surface area (Å²) in [6.07, 6.45) is 1.60. The predicted molar refractivity (Wildman–Crippen MR) is 63.6 cm³/mol. The fraction of sp³-hybridized carbons (Fsp3) is 0. The molecule has 0 radical (unpaired) electrons. The standard InChI is InChI=1S/C12H11N3O/c1-2-8-7-10(14-15-12(8)13)9-5-3-4-6-11(9)16/h2-7,16H,1H2,(H2,13,15). The number of aromatic hydroxyl groups is 1. The van der Waals surface area contributed by atoms with Crippen LogP contribution in [0.4, 0.5) is 5.82 Å². The van der Waals surface area contributed by atoms with E-state index in [9.17, 15) is 5.11 Å². The van der Waals surface area contributed by atoms with Crippen molar-refractivity contribution in [2.24, 2.45) is 0 Å². The highest BCUT2D eigenvalue weighted by Crippen LogP contribution is 2.27. The highest BCUT2D eigenvalue weighted by molar-refractivity contribution is 5.71. The molecule has 0 aliphatic rings. The summed E-state index contributed by atoms with van der Waals surface area (Å²) in [4.78, 5) is 0. The summed E-state index contributed by atoms with van der Waals surface area (Å²) in [7, 11) is 0. The average Bonchev–Trinajstić information content (AvgIpc) is 2.31. The van der Waals surface area contributed by atoms with E-state index < -0.39 is 0 Å². The van der Waals surface area contributed by atoms with E-state index in [2.05, 4.69) is 16.8 Å². The van der Waals surface area contributed by atoms with Gasteiger partial charge >= 0.3 is 0 Å². The van der Waals surface area contributed by atoms with E-state index in [0.29, 0.717) is 22.6 Å². The Labute approximate surface area is 93.1 Å². The number of rotatable bonds is 2. The van der Waals surface area contributed by atoms with Crippen molar-refractivity contribution >= 4 is 11.9 Å². The molecule has 4 nitrogen and oxygen atoms in total. The minimum atomic E-state index is 0.164. The van der Waals surface area contributed by atoms with E-state index in [1.165, 1.54) is 0 Å². The van der Waals surface area contributed by atoms with Gasteiger partial charge in [-0.15, -0.1) is 10.2 Å². The molecule has 0 saturated heterocycles. The van der Waals surface area contributed by atoms with E-state index in [1.54, 1.807) is 30.3 Å². The van der Waals surface area contributed by atoms with E-state index in [4.69, 9.17) is 5.73 Å². The summed E-state index contributed by atoms with van der Waals surface area (Å²) in [5.74, 6) is 0.491. The van der Waals surface area contributed by atoms with Gasteiger partial charge in [-0.2, -0.15) is 0 Å². The molecule has 4 heteroatoms. The molecule has 1 aromatic heterocycles. The fourth-order valence-corrected chi connectivity index (χ4v) is 1.40. The van der Waals surface area contributed by atoms with Gasteiger partial charge in [0.1, 0.15) is 5.75 Å². The van der Waals surface area contributed by atoms with Crippen molar-refractivity contribution in [2.75, 3.05) is 5.73 Å². The van der Waals surface area contributed by atoms with E-state index >= 15 is 0 Å². The topological polar surface area (TPSA) is 72.0 Å². The van der Waals surface area contributed by atoms with Gasteiger partial charge < -0.3 is 10.8 Å². The molecule has 0 saturated carbocycles. The van der Waals surface area contributed by atoms with Crippen molar-refractivity contribution in [3.63, 3.8) is 0 Å². The maximum Gasteiger partial charge on any atom is 0.153 e. The van der Waals surface area contributed by atoms with Crippen LogP contribution in [0, 0.1) is 0 Å². The average molecular weight is 213 g/mol. The van der Waals surface area contributed by atoms with E-state index in [0.717, 1.165) is 0 Å². The molecule has 0 aliphatic carbocycles. The van der Waals surface area contributed by atoms with Gasteiger partial charge in [-0.05, 0) is 18.2 Å². The molecule has 2 rings (SSSR count). The largest absolute Gasteiger partial charge is 0.507 e. The van der Waals surface area contributed by atoms with Gasteiger partial charge in [0.25, 0.3) is 0 Å². The Morgan fingerprint density at radius 2 is 2.00 bits per heavy atom. The Morgan fingerprint density at radius 3 is 2.69 bits per heavy atom. The Hall–Kier alpha value is -2.36. The number of nitrogens with zero attached hydrogens (tertiary/aromatic N) is 2. The third kappa shape index (κ3) is 1.72. The third-order valence-corrected chi connectivity index (χ3v) is 2.25. The summed E-state index contributed by atoms with van der Waals surface area (Å²) in [5, 5.41) is 17.4. The molecule has 0 aliphatic heterocycles. The SMILES string of the molecule is C=Cc1cc(-c2ccccc2O)nnc1N. The molecule has 1 heterocycles. The third-order valence-electron chi connectivity index (χ3n) is 2.25. The summed E-state index contributed by atoms with van der Waals surface area (Å²) in [6.45, 7) is 3.64. The van der Waals surface area contributed by atoms with Gasteiger partial charge in [-0.3, -0.25) is 0 Å². The lowest BCUT2D eigenvalue weighted by atomic mass is 10.1. The van der Waals surface area contributed by atoms with Crippen molar-refractivity contribution in [3.05, 3.63) is 42.5 Å². The zero-order valence-electron chi connectivity index (χ0n) is 8.59. The first-order chi connectivity index (χ1) is 7.72. The van der Waals surface area contributed by atoms with Crippen LogP contribution in [0.3, 0.4) is 0 Å². The lowest BCUT2D eigenvalue weighted by molar-refractivity contribution is 0.477. The molecule has 2 aromatic rings. The number of para-hydroxylation sites is 1. The fourth-order valence-electron chi connectivity index (χ4n) is 1.40. The summed E-state index contributed by atoms with van der Waals surface area (Å²) < 4.78 is 0. The Morgan fingerprint density at radius 1 is 1.25 bits per heavy atom. The maximum atomic E-state index is 9.67. The van der Waals surface area contributed by atoms with Gasteiger partial charge in [-0.1, -0.05) is 24.8 Å². The first-order valence-electron chi connectivity index (χ1n) is 4.76. The summed E-state index contributed by atoms with van der Waals surface area (Å²) >= 11 is 0. The van der Waals surface area contributed by atoms with Crippen LogP contribution in [-0.4, -0.2) is 15.3 Å². The van der Waals surface area contributed by atoms with Crippen LogP contribution < -0.4 is 5.73 Å². The molecule has 80 valence electrons.